The summed E-state index contributed by atoms with van der Waals surface area (Å²) in [7, 11) is 0. The van der Waals surface area contributed by atoms with Crippen molar-refractivity contribution in [2.75, 3.05) is 6.54 Å². The van der Waals surface area contributed by atoms with E-state index in [-0.39, 0.29) is 5.41 Å². The first-order chi connectivity index (χ1) is 6.28. The molecule has 70 valence electrons. The Morgan fingerprint density at radius 3 is 2.46 bits per heavy atom. The topological polar surface area (TPSA) is 26.0 Å². The summed E-state index contributed by atoms with van der Waals surface area (Å²) in [5.41, 5.74) is 7.24. The average Bonchev–Trinajstić information content (AvgIpc) is 2.07. The predicted octanol–water partition coefficient (Wildman–Crippen LogP) is 2.72. The quantitative estimate of drug-likeness (QED) is 0.772. The van der Waals surface area contributed by atoms with Crippen LogP contribution in [0.5, 0.6) is 0 Å². The molecule has 2 N–H and O–H groups in total. The van der Waals surface area contributed by atoms with E-state index in [0.29, 0.717) is 0 Å². The lowest BCUT2D eigenvalue weighted by Gasteiger charge is -2.42. The number of nitrogens with two attached hydrogens (primary N) is 1. The maximum absolute atomic E-state index is 6.14. The molecule has 0 bridgehead atoms. The third-order valence-corrected chi connectivity index (χ3v) is 3.48. The van der Waals surface area contributed by atoms with Gasteiger partial charge in [0.05, 0.1) is 0 Å². The van der Waals surface area contributed by atoms with E-state index >= 15 is 0 Å². The Hall–Kier alpha value is -0.530. The lowest BCUT2D eigenvalue weighted by atomic mass is 9.64. The van der Waals surface area contributed by atoms with Crippen molar-refractivity contribution in [2.24, 2.45) is 5.73 Å². The minimum atomic E-state index is 0.193. The molecule has 0 saturated heterocycles. The summed E-state index contributed by atoms with van der Waals surface area (Å²) in [6, 6.07) is 8.06. The first kappa shape index (κ1) is 9.04. The van der Waals surface area contributed by atoms with Crippen molar-refractivity contribution in [3.8, 4) is 0 Å². The van der Waals surface area contributed by atoms with Gasteiger partial charge in [0.2, 0.25) is 0 Å². The number of halogens is 1. The molecule has 2 heteroatoms. The van der Waals surface area contributed by atoms with Gasteiger partial charge in [-0.1, -0.05) is 36.2 Å². The Morgan fingerprint density at radius 2 is 2.00 bits per heavy atom. The fourth-order valence-electron chi connectivity index (χ4n) is 2.08. The summed E-state index contributed by atoms with van der Waals surface area (Å²) >= 11 is 6.14. The molecule has 1 saturated carbocycles. The van der Waals surface area contributed by atoms with Crippen LogP contribution in [0.3, 0.4) is 0 Å². The lowest BCUT2D eigenvalue weighted by Crippen LogP contribution is -2.41. The smallest absolute Gasteiger partial charge is 0.0444 e. The normalized spacial score (nSPS) is 19.5. The molecule has 1 nitrogen and oxygen atoms in total. The molecule has 0 spiro atoms. The van der Waals surface area contributed by atoms with Crippen molar-refractivity contribution >= 4 is 11.6 Å². The second kappa shape index (κ2) is 3.32. The molecule has 0 heterocycles. The molecule has 0 radical (unpaired) electrons. The van der Waals surface area contributed by atoms with Crippen molar-refractivity contribution in [1.29, 1.82) is 0 Å². The number of hydrogen-bond acceptors (Lipinski definition) is 1. The van der Waals surface area contributed by atoms with Gasteiger partial charge in [-0.15, -0.1) is 0 Å². The summed E-state index contributed by atoms with van der Waals surface area (Å²) in [4.78, 5) is 0. The van der Waals surface area contributed by atoms with Crippen LogP contribution in [0.2, 0.25) is 5.02 Å². The van der Waals surface area contributed by atoms with Gasteiger partial charge in [-0.05, 0) is 24.5 Å². The molecule has 1 aromatic rings. The van der Waals surface area contributed by atoms with Crippen LogP contribution in [0.25, 0.3) is 0 Å². The van der Waals surface area contributed by atoms with Crippen molar-refractivity contribution < 1.29 is 0 Å². The predicted molar refractivity (Wildman–Crippen MR) is 56.0 cm³/mol. The molecule has 0 atom stereocenters. The van der Waals surface area contributed by atoms with Crippen LogP contribution in [0.1, 0.15) is 24.8 Å². The molecule has 13 heavy (non-hydrogen) atoms. The molecule has 1 aliphatic carbocycles. The van der Waals surface area contributed by atoms with E-state index in [9.17, 15) is 0 Å². The average molecular weight is 196 g/mol. The third kappa shape index (κ3) is 1.36. The fraction of sp³-hybridized carbons (Fsp3) is 0.455. The number of hydrogen-bond donors (Lipinski definition) is 1. The van der Waals surface area contributed by atoms with Gasteiger partial charge >= 0.3 is 0 Å². The van der Waals surface area contributed by atoms with Crippen molar-refractivity contribution in [3.05, 3.63) is 34.9 Å². The molecule has 0 aromatic heterocycles. The van der Waals surface area contributed by atoms with E-state index in [0.717, 1.165) is 11.6 Å². The molecule has 0 amide bonds. The first-order valence-corrected chi connectivity index (χ1v) is 5.11. The highest BCUT2D eigenvalue weighted by atomic mass is 35.5. The first-order valence-electron chi connectivity index (χ1n) is 4.74. The second-order valence-corrected chi connectivity index (χ2v) is 4.23. The Bertz CT molecular complexity index is 299. The molecule has 1 aliphatic rings. The molecular formula is C11H14ClN. The van der Waals surface area contributed by atoms with E-state index in [1.807, 2.05) is 18.2 Å². The third-order valence-electron chi connectivity index (χ3n) is 3.15. The zero-order chi connectivity index (χ0) is 9.31. The van der Waals surface area contributed by atoms with Gasteiger partial charge in [-0.2, -0.15) is 0 Å². The van der Waals surface area contributed by atoms with Crippen LogP contribution < -0.4 is 5.73 Å². The van der Waals surface area contributed by atoms with E-state index in [1.54, 1.807) is 0 Å². The summed E-state index contributed by atoms with van der Waals surface area (Å²) < 4.78 is 0. The van der Waals surface area contributed by atoms with Crippen molar-refractivity contribution in [1.82, 2.24) is 0 Å². The maximum atomic E-state index is 6.14. The van der Waals surface area contributed by atoms with Crippen molar-refractivity contribution in [2.45, 2.75) is 24.7 Å². The minimum Gasteiger partial charge on any atom is -0.330 e. The summed E-state index contributed by atoms with van der Waals surface area (Å²) in [6.45, 7) is 0.719. The number of rotatable bonds is 2. The Kier molecular flexibility index (Phi) is 2.31. The molecule has 2 rings (SSSR count). The fourth-order valence-corrected chi connectivity index (χ4v) is 2.41. The molecular weight excluding hydrogens is 182 g/mol. The highest BCUT2D eigenvalue weighted by molar-refractivity contribution is 6.31. The largest absolute Gasteiger partial charge is 0.330 e. The molecule has 1 fully saturated rings. The SMILES string of the molecule is NCC1(c2ccccc2Cl)CCC1. The Morgan fingerprint density at radius 1 is 1.31 bits per heavy atom. The van der Waals surface area contributed by atoms with Crippen LogP contribution in [0.4, 0.5) is 0 Å². The minimum absolute atomic E-state index is 0.193. The standard InChI is InChI=1S/C11H14ClN/c12-10-5-2-1-4-9(10)11(8-13)6-3-7-11/h1-2,4-5H,3,6-8,13H2. The highest BCUT2D eigenvalue weighted by Crippen LogP contribution is 2.45. The van der Waals surface area contributed by atoms with Crippen LogP contribution >= 0.6 is 11.6 Å². The van der Waals surface area contributed by atoms with E-state index in [2.05, 4.69) is 6.07 Å². The van der Waals surface area contributed by atoms with Crippen LogP contribution in [0, 0.1) is 0 Å². The van der Waals surface area contributed by atoms with E-state index in [1.165, 1.54) is 24.8 Å². The highest BCUT2D eigenvalue weighted by Gasteiger charge is 2.38. The van der Waals surface area contributed by atoms with Crippen molar-refractivity contribution in [3.63, 3.8) is 0 Å². The van der Waals surface area contributed by atoms with E-state index < -0.39 is 0 Å². The Balaban J connectivity index is 2.38. The molecule has 0 aliphatic heterocycles. The van der Waals surface area contributed by atoms with Crippen LogP contribution in [0.15, 0.2) is 24.3 Å². The van der Waals surface area contributed by atoms with Crippen LogP contribution in [-0.4, -0.2) is 6.54 Å². The van der Waals surface area contributed by atoms with Gasteiger partial charge in [0.1, 0.15) is 0 Å². The van der Waals surface area contributed by atoms with Gasteiger partial charge in [0.25, 0.3) is 0 Å². The lowest BCUT2D eigenvalue weighted by molar-refractivity contribution is 0.253. The zero-order valence-corrected chi connectivity index (χ0v) is 8.35. The van der Waals surface area contributed by atoms with Gasteiger partial charge in [0, 0.05) is 17.0 Å². The monoisotopic (exact) mass is 195 g/mol. The van der Waals surface area contributed by atoms with Gasteiger partial charge < -0.3 is 5.73 Å². The second-order valence-electron chi connectivity index (χ2n) is 3.82. The summed E-state index contributed by atoms with van der Waals surface area (Å²) in [5.74, 6) is 0. The Labute approximate surface area is 83.9 Å². The maximum Gasteiger partial charge on any atom is 0.0444 e. The van der Waals surface area contributed by atoms with Gasteiger partial charge in [-0.3, -0.25) is 0 Å². The summed E-state index contributed by atoms with van der Waals surface area (Å²) in [5, 5.41) is 0.868. The van der Waals surface area contributed by atoms with E-state index in [4.69, 9.17) is 17.3 Å². The summed E-state index contributed by atoms with van der Waals surface area (Å²) in [6.07, 6.45) is 3.66. The van der Waals surface area contributed by atoms with Gasteiger partial charge in [-0.25, -0.2) is 0 Å². The number of benzene rings is 1. The van der Waals surface area contributed by atoms with Crippen LogP contribution in [-0.2, 0) is 5.41 Å². The molecule has 0 unspecified atom stereocenters. The zero-order valence-electron chi connectivity index (χ0n) is 7.59. The van der Waals surface area contributed by atoms with Gasteiger partial charge in [0.15, 0.2) is 0 Å². The molecule has 1 aromatic carbocycles.